The summed E-state index contributed by atoms with van der Waals surface area (Å²) in [6, 6.07) is 0.182. The number of rotatable bonds is 3. The van der Waals surface area contributed by atoms with E-state index < -0.39 is 38.2 Å². The first-order valence-corrected chi connectivity index (χ1v) is 9.56. The lowest BCUT2D eigenvalue weighted by molar-refractivity contribution is -0.142. The quantitative estimate of drug-likeness (QED) is 0.762. The average Bonchev–Trinajstić information content (AvgIpc) is 3.03. The van der Waals surface area contributed by atoms with Crippen molar-refractivity contribution in [3.8, 4) is 0 Å². The minimum Gasteiger partial charge on any atom is -0.480 e. The second kappa shape index (κ2) is 5.93. The van der Waals surface area contributed by atoms with Gasteiger partial charge in [-0.2, -0.15) is 4.31 Å². The Kier molecular flexibility index (Phi) is 4.17. The fourth-order valence-corrected chi connectivity index (χ4v) is 5.51. The molecule has 0 fully saturated rings. The molecule has 0 aliphatic carbocycles. The Balaban J connectivity index is 2.20. The van der Waals surface area contributed by atoms with Gasteiger partial charge in [-0.05, 0) is 23.4 Å². The number of hydrogen-bond acceptors (Lipinski definition) is 6. The topological polar surface area (TPSA) is 119 Å². The third-order valence-electron chi connectivity index (χ3n) is 4.16. The Morgan fingerprint density at radius 3 is 2.64 bits per heavy atom. The normalized spacial score (nSPS) is 18.1. The van der Waals surface area contributed by atoms with E-state index in [2.05, 4.69) is 0 Å². The minimum atomic E-state index is -4.41. The van der Waals surface area contributed by atoms with Crippen LogP contribution < -0.4 is 11.2 Å². The molecule has 2 aromatic heterocycles. The molecule has 25 heavy (non-hydrogen) atoms. The lowest BCUT2D eigenvalue weighted by Gasteiger charge is -2.31. The number of aliphatic carboxylic acids is 1. The van der Waals surface area contributed by atoms with Crippen LogP contribution in [0.15, 0.2) is 32.1 Å². The average molecular weight is 385 g/mol. The molecule has 0 amide bonds. The van der Waals surface area contributed by atoms with Crippen LogP contribution in [-0.4, -0.2) is 39.5 Å². The highest BCUT2D eigenvalue weighted by Gasteiger charge is 2.42. The number of carboxylic acid groups (broad SMARTS) is 1. The van der Waals surface area contributed by atoms with Crippen LogP contribution in [0.5, 0.6) is 0 Å². The maximum atomic E-state index is 13.0. The fourth-order valence-electron chi connectivity index (χ4n) is 2.89. The number of carboxylic acids is 1. The van der Waals surface area contributed by atoms with Gasteiger partial charge in [-0.3, -0.25) is 14.2 Å². The summed E-state index contributed by atoms with van der Waals surface area (Å²) >= 11 is 1.37. The summed E-state index contributed by atoms with van der Waals surface area (Å²) in [5.74, 6) is -1.32. The molecule has 3 heterocycles. The van der Waals surface area contributed by atoms with Crippen LogP contribution in [0, 0.1) is 0 Å². The molecule has 1 atom stereocenters. The summed E-state index contributed by atoms with van der Waals surface area (Å²) in [6.45, 7) is -0.0567. The van der Waals surface area contributed by atoms with E-state index in [1.165, 1.54) is 25.4 Å². The molecule has 0 spiro atoms. The van der Waals surface area contributed by atoms with Crippen molar-refractivity contribution in [1.82, 2.24) is 13.4 Å². The zero-order valence-corrected chi connectivity index (χ0v) is 15.0. The van der Waals surface area contributed by atoms with Crippen LogP contribution in [0.2, 0.25) is 0 Å². The Labute approximate surface area is 146 Å². The molecule has 1 N–H and O–H groups in total. The van der Waals surface area contributed by atoms with Crippen molar-refractivity contribution < 1.29 is 18.3 Å². The van der Waals surface area contributed by atoms with Crippen molar-refractivity contribution in [1.29, 1.82) is 0 Å². The van der Waals surface area contributed by atoms with E-state index in [1.54, 1.807) is 11.4 Å². The molecule has 3 rings (SSSR count). The first-order chi connectivity index (χ1) is 11.7. The Morgan fingerprint density at radius 1 is 1.32 bits per heavy atom. The third kappa shape index (κ3) is 2.64. The molecule has 1 aliphatic heterocycles. The number of aromatic nitrogens is 2. The molecule has 11 heteroatoms. The van der Waals surface area contributed by atoms with E-state index in [1.807, 2.05) is 0 Å². The lowest BCUT2D eigenvalue weighted by Crippen LogP contribution is -2.47. The van der Waals surface area contributed by atoms with E-state index in [9.17, 15) is 27.9 Å². The lowest BCUT2D eigenvalue weighted by atomic mass is 10.0. The predicted octanol–water partition coefficient (Wildman–Crippen LogP) is -0.482. The van der Waals surface area contributed by atoms with Crippen molar-refractivity contribution in [2.24, 2.45) is 14.1 Å². The highest BCUT2D eigenvalue weighted by atomic mass is 32.2. The van der Waals surface area contributed by atoms with E-state index >= 15 is 0 Å². The molecule has 1 aliphatic rings. The van der Waals surface area contributed by atoms with E-state index in [4.69, 9.17) is 0 Å². The molecule has 2 aromatic rings. The van der Waals surface area contributed by atoms with Gasteiger partial charge in [-0.1, -0.05) is 0 Å². The molecular weight excluding hydrogens is 370 g/mol. The highest BCUT2D eigenvalue weighted by Crippen LogP contribution is 2.36. The predicted molar refractivity (Wildman–Crippen MR) is 89.2 cm³/mol. The summed E-state index contributed by atoms with van der Waals surface area (Å²) in [6.07, 6.45) is 1.30. The van der Waals surface area contributed by atoms with Gasteiger partial charge >= 0.3 is 11.7 Å². The van der Waals surface area contributed by atoms with Gasteiger partial charge in [-0.25, -0.2) is 13.2 Å². The van der Waals surface area contributed by atoms with Gasteiger partial charge in [0, 0.05) is 31.7 Å². The highest BCUT2D eigenvalue weighted by molar-refractivity contribution is 7.89. The van der Waals surface area contributed by atoms with Crippen LogP contribution >= 0.6 is 11.3 Å². The number of thiophene rings is 1. The van der Waals surface area contributed by atoms with Gasteiger partial charge in [0.1, 0.15) is 6.04 Å². The molecule has 134 valence electrons. The Bertz CT molecular complexity index is 1080. The number of fused-ring (bicyclic) bond motifs is 1. The van der Waals surface area contributed by atoms with Crippen LogP contribution in [-0.2, 0) is 35.3 Å². The Hall–Kier alpha value is -2.24. The van der Waals surface area contributed by atoms with E-state index in [0.717, 1.165) is 19.9 Å². The molecule has 9 nitrogen and oxygen atoms in total. The summed E-state index contributed by atoms with van der Waals surface area (Å²) in [5, 5.41) is 11.3. The van der Waals surface area contributed by atoms with Crippen molar-refractivity contribution in [3.63, 3.8) is 0 Å². The molecule has 0 saturated heterocycles. The van der Waals surface area contributed by atoms with Crippen LogP contribution in [0.4, 0.5) is 0 Å². The van der Waals surface area contributed by atoms with Gasteiger partial charge in [0.15, 0.2) is 4.90 Å². The van der Waals surface area contributed by atoms with E-state index in [0.29, 0.717) is 16.6 Å². The monoisotopic (exact) mass is 385 g/mol. The van der Waals surface area contributed by atoms with Crippen molar-refractivity contribution in [3.05, 3.63) is 48.9 Å². The number of carbonyl (C=O) groups is 1. The van der Waals surface area contributed by atoms with E-state index in [-0.39, 0.29) is 6.54 Å². The minimum absolute atomic E-state index is 0.0567. The van der Waals surface area contributed by atoms with Crippen molar-refractivity contribution in [2.75, 3.05) is 6.54 Å². The second-order valence-electron chi connectivity index (χ2n) is 5.66. The largest absolute Gasteiger partial charge is 0.480 e. The molecule has 1 unspecified atom stereocenters. The van der Waals surface area contributed by atoms with Crippen LogP contribution in [0.3, 0.4) is 0 Å². The van der Waals surface area contributed by atoms with Gasteiger partial charge in [0.05, 0.1) is 0 Å². The maximum Gasteiger partial charge on any atom is 0.330 e. The number of sulfonamides is 1. The summed E-state index contributed by atoms with van der Waals surface area (Å²) in [5.41, 5.74) is -1.24. The summed E-state index contributed by atoms with van der Waals surface area (Å²) in [4.78, 5) is 36.0. The molecule has 0 bridgehead atoms. The van der Waals surface area contributed by atoms with Gasteiger partial charge in [0.2, 0.25) is 0 Å². The maximum absolute atomic E-state index is 13.0. The van der Waals surface area contributed by atoms with Gasteiger partial charge in [-0.15, -0.1) is 11.3 Å². The zero-order chi connectivity index (χ0) is 18.5. The Morgan fingerprint density at radius 2 is 2.00 bits per heavy atom. The number of nitrogens with zero attached hydrogens (tertiary/aromatic N) is 3. The third-order valence-corrected chi connectivity index (χ3v) is 7.00. The standard InChI is InChI=1S/C14H15N3O6S2/c1-15-7-10(12(18)16(2)14(15)21)25(22,23)17-5-3-9-8(4-6-24-9)11(17)13(19)20/h4,6-7,11H,3,5H2,1-2H3,(H,19,20). The number of aryl methyl sites for hydroxylation is 1. The fraction of sp³-hybridized carbons (Fsp3) is 0.357. The summed E-state index contributed by atoms with van der Waals surface area (Å²) in [7, 11) is -1.91. The molecular formula is C14H15N3O6S2. The van der Waals surface area contributed by atoms with Crippen LogP contribution in [0.1, 0.15) is 16.5 Å². The summed E-state index contributed by atoms with van der Waals surface area (Å²) < 4.78 is 28.5. The smallest absolute Gasteiger partial charge is 0.330 e. The molecule has 0 aromatic carbocycles. The second-order valence-corrected chi connectivity index (χ2v) is 8.52. The van der Waals surface area contributed by atoms with Gasteiger partial charge in [0.25, 0.3) is 15.6 Å². The molecule has 0 saturated carbocycles. The van der Waals surface area contributed by atoms with Crippen LogP contribution in [0.25, 0.3) is 0 Å². The SMILES string of the molecule is Cn1cc(S(=O)(=O)N2CCc3sccc3C2C(=O)O)c(=O)n(C)c1=O. The first-order valence-electron chi connectivity index (χ1n) is 7.24. The number of hydrogen-bond donors (Lipinski definition) is 1. The van der Waals surface area contributed by atoms with Crippen molar-refractivity contribution >= 4 is 27.3 Å². The van der Waals surface area contributed by atoms with Crippen molar-refractivity contribution in [2.45, 2.75) is 17.4 Å². The molecule has 0 radical (unpaired) electrons. The zero-order valence-electron chi connectivity index (χ0n) is 13.4. The van der Waals surface area contributed by atoms with Gasteiger partial charge < -0.3 is 9.67 Å². The first kappa shape index (κ1) is 17.6.